The van der Waals surface area contributed by atoms with Crippen molar-refractivity contribution in [2.75, 3.05) is 19.6 Å². The predicted octanol–water partition coefficient (Wildman–Crippen LogP) is 3.01. The minimum Gasteiger partial charge on any atom is -0.370 e. The van der Waals surface area contributed by atoms with E-state index in [1.807, 2.05) is 0 Å². The van der Waals surface area contributed by atoms with Crippen molar-refractivity contribution in [3.8, 4) is 0 Å². The molecule has 1 aromatic heterocycles. The van der Waals surface area contributed by atoms with Crippen molar-refractivity contribution in [3.05, 3.63) is 20.8 Å². The van der Waals surface area contributed by atoms with Gasteiger partial charge in [-0.3, -0.25) is 4.90 Å². The zero-order chi connectivity index (χ0) is 13.3. The highest BCUT2D eigenvalue weighted by atomic mass is 79.9. The SMILES string of the molecule is CC1CN(C(CN)c2sccc2Br)CC(C)(C)O1. The van der Waals surface area contributed by atoms with Crippen LogP contribution < -0.4 is 5.73 Å². The summed E-state index contributed by atoms with van der Waals surface area (Å²) in [4.78, 5) is 3.77. The van der Waals surface area contributed by atoms with Crippen LogP contribution >= 0.6 is 27.3 Å². The lowest BCUT2D eigenvalue weighted by molar-refractivity contribution is -0.137. The maximum Gasteiger partial charge on any atom is 0.0757 e. The van der Waals surface area contributed by atoms with Gasteiger partial charge in [-0.15, -0.1) is 11.3 Å². The smallest absolute Gasteiger partial charge is 0.0757 e. The van der Waals surface area contributed by atoms with Gasteiger partial charge in [-0.1, -0.05) is 0 Å². The summed E-state index contributed by atoms with van der Waals surface area (Å²) in [6, 6.07) is 2.38. The van der Waals surface area contributed by atoms with Crippen molar-refractivity contribution in [3.63, 3.8) is 0 Å². The van der Waals surface area contributed by atoms with Crippen LogP contribution in [-0.4, -0.2) is 36.2 Å². The number of thiophene rings is 1. The Morgan fingerprint density at radius 2 is 2.39 bits per heavy atom. The third-order valence-corrected chi connectivity index (χ3v) is 5.18. The van der Waals surface area contributed by atoms with Crippen LogP contribution in [0, 0.1) is 0 Å². The molecule has 1 aliphatic rings. The summed E-state index contributed by atoms with van der Waals surface area (Å²) in [5, 5.41) is 2.11. The molecule has 0 saturated carbocycles. The standard InChI is InChI=1S/C13H21BrN2OS/c1-9-7-16(8-13(2,3)17-9)11(6-15)12-10(14)4-5-18-12/h4-5,9,11H,6-8,15H2,1-3H3. The van der Waals surface area contributed by atoms with Crippen molar-refractivity contribution in [1.82, 2.24) is 4.90 Å². The molecule has 0 aromatic carbocycles. The van der Waals surface area contributed by atoms with Crippen LogP contribution in [0.2, 0.25) is 0 Å². The molecule has 2 N–H and O–H groups in total. The molecule has 5 heteroatoms. The molecule has 1 saturated heterocycles. The topological polar surface area (TPSA) is 38.5 Å². The summed E-state index contributed by atoms with van der Waals surface area (Å²) < 4.78 is 7.12. The second-order valence-electron chi connectivity index (χ2n) is 5.50. The lowest BCUT2D eigenvalue weighted by atomic mass is 10.0. The molecule has 3 nitrogen and oxygen atoms in total. The molecule has 0 spiro atoms. The zero-order valence-corrected chi connectivity index (χ0v) is 13.6. The minimum absolute atomic E-state index is 0.102. The molecule has 0 aliphatic carbocycles. The summed E-state index contributed by atoms with van der Waals surface area (Å²) in [5.41, 5.74) is 5.90. The minimum atomic E-state index is -0.102. The number of morpholine rings is 1. The van der Waals surface area contributed by atoms with Crippen LogP contribution in [0.25, 0.3) is 0 Å². The predicted molar refractivity (Wildman–Crippen MR) is 80.0 cm³/mol. The number of nitrogens with zero attached hydrogens (tertiary/aromatic N) is 1. The largest absolute Gasteiger partial charge is 0.370 e. The van der Waals surface area contributed by atoms with Crippen molar-refractivity contribution in [2.24, 2.45) is 5.73 Å². The van der Waals surface area contributed by atoms with Gasteiger partial charge >= 0.3 is 0 Å². The fourth-order valence-corrected chi connectivity index (χ4v) is 4.49. The molecular formula is C13H21BrN2OS. The second kappa shape index (κ2) is 5.59. The first-order valence-corrected chi connectivity index (χ1v) is 7.95. The Kier molecular flexibility index (Phi) is 4.49. The quantitative estimate of drug-likeness (QED) is 0.924. The first-order valence-electron chi connectivity index (χ1n) is 6.28. The van der Waals surface area contributed by atoms with Crippen LogP contribution in [0.1, 0.15) is 31.7 Å². The monoisotopic (exact) mass is 332 g/mol. The molecular weight excluding hydrogens is 312 g/mol. The first kappa shape index (κ1) is 14.5. The second-order valence-corrected chi connectivity index (χ2v) is 7.30. The van der Waals surface area contributed by atoms with Crippen molar-refractivity contribution in [1.29, 1.82) is 0 Å². The molecule has 102 valence electrons. The molecule has 1 aliphatic heterocycles. The molecule has 1 aromatic rings. The van der Waals surface area contributed by atoms with E-state index in [2.05, 4.69) is 53.0 Å². The number of rotatable bonds is 3. The zero-order valence-electron chi connectivity index (χ0n) is 11.1. The van der Waals surface area contributed by atoms with Gasteiger partial charge in [-0.05, 0) is 48.1 Å². The van der Waals surface area contributed by atoms with Crippen LogP contribution in [0.4, 0.5) is 0 Å². The van der Waals surface area contributed by atoms with Crippen molar-refractivity contribution in [2.45, 2.75) is 38.5 Å². The van der Waals surface area contributed by atoms with Crippen LogP contribution in [0.15, 0.2) is 15.9 Å². The highest BCUT2D eigenvalue weighted by molar-refractivity contribution is 9.10. The van der Waals surface area contributed by atoms with Crippen molar-refractivity contribution >= 4 is 27.3 Å². The normalized spacial score (nSPS) is 26.2. The fourth-order valence-electron chi connectivity index (χ4n) is 2.71. The molecule has 2 atom stereocenters. The van der Waals surface area contributed by atoms with E-state index in [0.717, 1.165) is 13.1 Å². The Bertz CT molecular complexity index is 407. The highest BCUT2D eigenvalue weighted by Gasteiger charge is 2.35. The van der Waals surface area contributed by atoms with Crippen LogP contribution in [0.5, 0.6) is 0 Å². The Morgan fingerprint density at radius 1 is 1.67 bits per heavy atom. The van der Waals surface area contributed by atoms with E-state index < -0.39 is 0 Å². The number of halogens is 1. The van der Waals surface area contributed by atoms with Crippen LogP contribution in [0.3, 0.4) is 0 Å². The van der Waals surface area contributed by atoms with Gasteiger partial charge in [0.1, 0.15) is 0 Å². The van der Waals surface area contributed by atoms with Gasteiger partial charge in [-0.2, -0.15) is 0 Å². The van der Waals surface area contributed by atoms with E-state index >= 15 is 0 Å². The molecule has 0 amide bonds. The molecule has 2 unspecified atom stereocenters. The summed E-state index contributed by atoms with van der Waals surface area (Å²) in [6.45, 7) is 8.92. The van der Waals surface area contributed by atoms with E-state index in [1.165, 1.54) is 9.35 Å². The van der Waals surface area contributed by atoms with Crippen molar-refractivity contribution < 1.29 is 4.74 Å². The Morgan fingerprint density at radius 3 is 2.89 bits per heavy atom. The molecule has 18 heavy (non-hydrogen) atoms. The Balaban J connectivity index is 2.20. The summed E-state index contributed by atoms with van der Waals surface area (Å²) >= 11 is 5.38. The Labute approximate surface area is 121 Å². The summed E-state index contributed by atoms with van der Waals surface area (Å²) in [5.74, 6) is 0. The first-order chi connectivity index (χ1) is 8.43. The van der Waals surface area contributed by atoms with Gasteiger partial charge in [0.2, 0.25) is 0 Å². The number of nitrogens with two attached hydrogens (primary N) is 1. The van der Waals surface area contributed by atoms with E-state index in [9.17, 15) is 0 Å². The molecule has 1 fully saturated rings. The van der Waals surface area contributed by atoms with Crippen LogP contribution in [-0.2, 0) is 4.74 Å². The van der Waals surface area contributed by atoms with E-state index in [-0.39, 0.29) is 17.7 Å². The summed E-state index contributed by atoms with van der Waals surface area (Å²) in [6.07, 6.45) is 0.251. The maximum atomic E-state index is 6.00. The molecule has 0 bridgehead atoms. The number of ether oxygens (including phenoxy) is 1. The third-order valence-electron chi connectivity index (χ3n) is 3.21. The maximum absolute atomic E-state index is 6.00. The fraction of sp³-hybridized carbons (Fsp3) is 0.692. The molecule has 2 heterocycles. The van der Waals surface area contributed by atoms with E-state index in [0.29, 0.717) is 6.54 Å². The van der Waals surface area contributed by atoms with E-state index in [1.54, 1.807) is 11.3 Å². The highest BCUT2D eigenvalue weighted by Crippen LogP contribution is 2.35. The van der Waals surface area contributed by atoms with Gasteiger partial charge in [-0.25, -0.2) is 0 Å². The Hall–Kier alpha value is 0.0600. The van der Waals surface area contributed by atoms with Gasteiger partial charge in [0.15, 0.2) is 0 Å². The average Bonchev–Trinajstić information content (AvgIpc) is 2.63. The van der Waals surface area contributed by atoms with Gasteiger partial charge in [0, 0.05) is 29.0 Å². The lowest BCUT2D eigenvalue weighted by Crippen LogP contribution is -2.53. The third kappa shape index (κ3) is 3.14. The van der Waals surface area contributed by atoms with Gasteiger partial charge < -0.3 is 10.5 Å². The summed E-state index contributed by atoms with van der Waals surface area (Å²) in [7, 11) is 0. The molecule has 0 radical (unpaired) electrons. The van der Waals surface area contributed by atoms with Gasteiger partial charge in [0.25, 0.3) is 0 Å². The number of hydrogen-bond donors (Lipinski definition) is 1. The molecule has 2 rings (SSSR count). The lowest BCUT2D eigenvalue weighted by Gasteiger charge is -2.44. The van der Waals surface area contributed by atoms with E-state index in [4.69, 9.17) is 10.5 Å². The average molecular weight is 333 g/mol. The van der Waals surface area contributed by atoms with Gasteiger partial charge in [0.05, 0.1) is 17.7 Å². The number of hydrogen-bond acceptors (Lipinski definition) is 4.